The summed E-state index contributed by atoms with van der Waals surface area (Å²) >= 11 is 1.47. The molecular weight excluding hydrogens is 426 g/mol. The van der Waals surface area contributed by atoms with Gasteiger partial charge in [-0.15, -0.1) is 11.3 Å². The van der Waals surface area contributed by atoms with Crippen molar-refractivity contribution in [1.29, 1.82) is 0 Å². The van der Waals surface area contributed by atoms with Gasteiger partial charge in [0.1, 0.15) is 10.8 Å². The first-order valence-electron chi connectivity index (χ1n) is 9.68. The number of amides is 1. The van der Waals surface area contributed by atoms with Crippen molar-refractivity contribution >= 4 is 39.0 Å². The molecule has 0 fully saturated rings. The predicted molar refractivity (Wildman–Crippen MR) is 117 cm³/mol. The van der Waals surface area contributed by atoms with Crippen LogP contribution in [0.5, 0.6) is 0 Å². The second-order valence-corrected chi connectivity index (χ2v) is 9.29. The summed E-state index contributed by atoms with van der Waals surface area (Å²) < 4.78 is 32.7. The first-order valence-corrected chi connectivity index (χ1v) is 12.0. The Hall–Kier alpha value is -2.30. The second kappa shape index (κ2) is 10.6. The highest BCUT2D eigenvalue weighted by molar-refractivity contribution is 7.87. The average molecular weight is 454 g/mol. The molecule has 0 saturated carbocycles. The summed E-state index contributed by atoms with van der Waals surface area (Å²) in [4.78, 5) is 28.8. The number of nitrogens with zero attached hydrogens (tertiary/aromatic N) is 1. The fourth-order valence-electron chi connectivity index (χ4n) is 2.73. The highest BCUT2D eigenvalue weighted by Gasteiger charge is 2.20. The van der Waals surface area contributed by atoms with Crippen LogP contribution in [0.25, 0.3) is 0 Å². The maximum absolute atomic E-state index is 12.4. The molecule has 30 heavy (non-hydrogen) atoms. The molecule has 1 atom stereocenters. The van der Waals surface area contributed by atoms with Gasteiger partial charge in [-0.3, -0.25) is 18.9 Å². The van der Waals surface area contributed by atoms with Crippen LogP contribution in [0.2, 0.25) is 0 Å². The van der Waals surface area contributed by atoms with E-state index in [0.29, 0.717) is 6.42 Å². The SMILES string of the molecule is CCc1csc([C@H](Cc2ccc(NS(=O)(=O)O)cc2)NC(=O)CCC(=O)C(C)C)n1. The van der Waals surface area contributed by atoms with E-state index in [9.17, 15) is 18.0 Å². The van der Waals surface area contributed by atoms with Crippen LogP contribution in [0.15, 0.2) is 29.6 Å². The minimum atomic E-state index is -4.33. The summed E-state index contributed by atoms with van der Waals surface area (Å²) in [5.41, 5.74) is 2.03. The summed E-state index contributed by atoms with van der Waals surface area (Å²) in [6.07, 6.45) is 1.56. The number of hydrogen-bond donors (Lipinski definition) is 3. The zero-order valence-corrected chi connectivity index (χ0v) is 18.8. The van der Waals surface area contributed by atoms with Gasteiger partial charge in [-0.1, -0.05) is 32.9 Å². The molecule has 1 heterocycles. The van der Waals surface area contributed by atoms with Crippen molar-refractivity contribution in [2.24, 2.45) is 5.92 Å². The fourth-order valence-corrected chi connectivity index (χ4v) is 4.12. The summed E-state index contributed by atoms with van der Waals surface area (Å²) in [7, 11) is -4.33. The highest BCUT2D eigenvalue weighted by atomic mass is 32.2. The van der Waals surface area contributed by atoms with Gasteiger partial charge in [0.25, 0.3) is 0 Å². The number of rotatable bonds is 11. The third kappa shape index (κ3) is 7.85. The van der Waals surface area contributed by atoms with E-state index in [-0.39, 0.29) is 42.2 Å². The van der Waals surface area contributed by atoms with E-state index in [1.54, 1.807) is 12.1 Å². The highest BCUT2D eigenvalue weighted by Crippen LogP contribution is 2.24. The molecule has 0 aliphatic carbocycles. The van der Waals surface area contributed by atoms with Crippen molar-refractivity contribution in [1.82, 2.24) is 10.3 Å². The standard InChI is InChI=1S/C20H27N3O5S2/c1-4-15-12-29-20(21-15)17(22-19(25)10-9-18(24)13(2)3)11-14-5-7-16(8-6-14)23-30(26,27)28/h5-8,12-13,17,23H,4,9-11H2,1-3H3,(H,22,25)(H,26,27,28)/t17-/m0/s1. The molecule has 0 bridgehead atoms. The van der Waals surface area contributed by atoms with Crippen LogP contribution in [0.4, 0.5) is 5.69 Å². The molecule has 1 aromatic carbocycles. The van der Waals surface area contributed by atoms with Gasteiger partial charge in [0.2, 0.25) is 5.91 Å². The molecular formula is C20H27N3O5S2. The number of anilines is 1. The third-order valence-electron chi connectivity index (χ3n) is 4.45. The number of benzene rings is 1. The topological polar surface area (TPSA) is 125 Å². The molecule has 0 saturated heterocycles. The van der Waals surface area contributed by atoms with E-state index in [1.807, 2.05) is 30.9 Å². The average Bonchev–Trinajstić information content (AvgIpc) is 3.15. The monoisotopic (exact) mass is 453 g/mol. The Morgan fingerprint density at radius 3 is 2.37 bits per heavy atom. The lowest BCUT2D eigenvalue weighted by Gasteiger charge is -2.17. The number of ketones is 1. The van der Waals surface area contributed by atoms with Crippen LogP contribution in [-0.2, 0) is 32.7 Å². The van der Waals surface area contributed by atoms with Crippen molar-refractivity contribution in [3.05, 3.63) is 45.9 Å². The Bertz CT molecular complexity index is 969. The second-order valence-electron chi connectivity index (χ2n) is 7.25. The third-order valence-corrected chi connectivity index (χ3v) is 5.95. The Kier molecular flexibility index (Phi) is 8.51. The molecule has 164 valence electrons. The van der Waals surface area contributed by atoms with Crippen LogP contribution < -0.4 is 10.0 Å². The van der Waals surface area contributed by atoms with Crippen molar-refractivity contribution < 1.29 is 22.6 Å². The molecule has 0 radical (unpaired) electrons. The molecule has 1 aromatic heterocycles. The number of aromatic nitrogens is 1. The Morgan fingerprint density at radius 1 is 1.17 bits per heavy atom. The molecule has 0 spiro atoms. The Labute approximate surface area is 181 Å². The maximum atomic E-state index is 12.4. The van der Waals surface area contributed by atoms with E-state index in [4.69, 9.17) is 4.55 Å². The Morgan fingerprint density at radius 2 is 1.83 bits per heavy atom. The molecule has 10 heteroatoms. The van der Waals surface area contributed by atoms with Crippen LogP contribution in [-0.4, -0.2) is 29.6 Å². The number of carbonyl (C=O) groups excluding carboxylic acids is 2. The van der Waals surface area contributed by atoms with Crippen molar-refractivity contribution in [3.63, 3.8) is 0 Å². The smallest absolute Gasteiger partial charge is 0.347 e. The molecule has 2 rings (SSSR count). The van der Waals surface area contributed by atoms with Crippen LogP contribution in [0, 0.1) is 5.92 Å². The maximum Gasteiger partial charge on any atom is 0.357 e. The van der Waals surface area contributed by atoms with Gasteiger partial charge in [0.05, 0.1) is 17.4 Å². The van der Waals surface area contributed by atoms with E-state index >= 15 is 0 Å². The summed E-state index contributed by atoms with van der Waals surface area (Å²) in [6.45, 7) is 5.63. The molecule has 3 N–H and O–H groups in total. The number of carbonyl (C=O) groups is 2. The van der Waals surface area contributed by atoms with Gasteiger partial charge < -0.3 is 5.32 Å². The van der Waals surface area contributed by atoms with Crippen LogP contribution in [0.3, 0.4) is 0 Å². The van der Waals surface area contributed by atoms with E-state index < -0.39 is 10.3 Å². The van der Waals surface area contributed by atoms with Crippen LogP contribution in [0.1, 0.15) is 55.9 Å². The van der Waals surface area contributed by atoms with Gasteiger partial charge in [-0.05, 0) is 30.5 Å². The summed E-state index contributed by atoms with van der Waals surface area (Å²) in [5, 5.41) is 5.70. The number of nitrogens with one attached hydrogen (secondary N) is 2. The number of aryl methyl sites for hydroxylation is 1. The first-order chi connectivity index (χ1) is 14.1. The quantitative estimate of drug-likeness (QED) is 0.448. The van der Waals surface area contributed by atoms with Gasteiger partial charge >= 0.3 is 10.3 Å². The molecule has 0 unspecified atom stereocenters. The minimum Gasteiger partial charge on any atom is -0.347 e. The summed E-state index contributed by atoms with van der Waals surface area (Å²) in [6, 6.07) is 6.12. The molecule has 1 amide bonds. The van der Waals surface area contributed by atoms with Crippen molar-refractivity contribution in [2.45, 2.75) is 52.5 Å². The molecule has 0 aliphatic heterocycles. The van der Waals surface area contributed by atoms with Gasteiger partial charge in [-0.25, -0.2) is 4.98 Å². The van der Waals surface area contributed by atoms with Crippen molar-refractivity contribution in [3.8, 4) is 0 Å². The Balaban J connectivity index is 2.12. The molecule has 2 aromatic rings. The number of thiazole rings is 1. The number of hydrogen-bond acceptors (Lipinski definition) is 6. The largest absolute Gasteiger partial charge is 0.357 e. The number of Topliss-reactive ketones (excluding diaryl/α,β-unsaturated/α-hetero) is 1. The zero-order chi connectivity index (χ0) is 22.3. The predicted octanol–water partition coefficient (Wildman–Crippen LogP) is 3.33. The van der Waals surface area contributed by atoms with Crippen LogP contribution >= 0.6 is 11.3 Å². The van der Waals surface area contributed by atoms with Gasteiger partial charge in [-0.2, -0.15) is 8.42 Å². The fraction of sp³-hybridized carbons (Fsp3) is 0.450. The normalized spacial score (nSPS) is 12.6. The lowest BCUT2D eigenvalue weighted by atomic mass is 10.0. The molecule has 0 aliphatic rings. The van der Waals surface area contributed by atoms with Gasteiger partial charge in [0, 0.05) is 24.1 Å². The minimum absolute atomic E-state index is 0.0474. The molecule has 8 nitrogen and oxygen atoms in total. The van der Waals surface area contributed by atoms with E-state index in [0.717, 1.165) is 22.7 Å². The van der Waals surface area contributed by atoms with Gasteiger partial charge in [0.15, 0.2) is 0 Å². The van der Waals surface area contributed by atoms with E-state index in [1.165, 1.54) is 23.5 Å². The first kappa shape index (κ1) is 24.0. The lowest BCUT2D eigenvalue weighted by molar-refractivity contribution is -0.127. The lowest BCUT2D eigenvalue weighted by Crippen LogP contribution is -2.30. The zero-order valence-electron chi connectivity index (χ0n) is 17.2. The van der Waals surface area contributed by atoms with Crippen molar-refractivity contribution in [2.75, 3.05) is 4.72 Å². The summed E-state index contributed by atoms with van der Waals surface area (Å²) in [5.74, 6) is -0.271. The van der Waals surface area contributed by atoms with E-state index in [2.05, 4.69) is 10.3 Å².